The summed E-state index contributed by atoms with van der Waals surface area (Å²) in [6.07, 6.45) is 2.32. The predicted molar refractivity (Wildman–Crippen MR) is 60.9 cm³/mol. The average molecular weight is 200 g/mol. The molecule has 1 heterocycles. The summed E-state index contributed by atoms with van der Waals surface area (Å²) in [5.74, 6) is 0. The van der Waals surface area contributed by atoms with Gasteiger partial charge in [0.25, 0.3) is 0 Å². The molecule has 0 saturated carbocycles. The second-order valence-corrected chi connectivity index (χ2v) is 4.95. The van der Waals surface area contributed by atoms with Crippen LogP contribution in [0.3, 0.4) is 0 Å². The lowest BCUT2D eigenvalue weighted by molar-refractivity contribution is 0.213. The Morgan fingerprint density at radius 3 is 2.69 bits per heavy atom. The Bertz CT molecular complexity index is 201. The van der Waals surface area contributed by atoms with Crippen molar-refractivity contribution in [1.82, 2.24) is 10.2 Å². The molecule has 1 aliphatic rings. The Morgan fingerprint density at radius 2 is 2.23 bits per heavy atom. The molecule has 3 heteroatoms. The van der Waals surface area contributed by atoms with E-state index in [9.17, 15) is 0 Å². The highest BCUT2D eigenvalue weighted by molar-refractivity contribution is 7.80. The standard InChI is InChI=1S/C10H20N2S/c1-5-6-12-8(2)7-10(3,4)11-9(12)13/h8H,5-7H2,1-4H3,(H,11,13). The first-order valence-electron chi connectivity index (χ1n) is 5.05. The van der Waals surface area contributed by atoms with E-state index in [0.29, 0.717) is 6.04 Å². The second kappa shape index (κ2) is 3.82. The van der Waals surface area contributed by atoms with Gasteiger partial charge in [0.1, 0.15) is 0 Å². The van der Waals surface area contributed by atoms with Crippen molar-refractivity contribution >= 4 is 17.3 Å². The molecule has 1 rings (SSSR count). The van der Waals surface area contributed by atoms with E-state index in [1.165, 1.54) is 0 Å². The van der Waals surface area contributed by atoms with Crippen molar-refractivity contribution in [3.05, 3.63) is 0 Å². The fraction of sp³-hybridized carbons (Fsp3) is 0.900. The molecule has 0 amide bonds. The highest BCUT2D eigenvalue weighted by Crippen LogP contribution is 2.21. The lowest BCUT2D eigenvalue weighted by Gasteiger charge is -2.44. The van der Waals surface area contributed by atoms with Crippen LogP contribution in [0.5, 0.6) is 0 Å². The van der Waals surface area contributed by atoms with Gasteiger partial charge in [-0.2, -0.15) is 0 Å². The number of thiocarbonyl (C=S) groups is 1. The van der Waals surface area contributed by atoms with Gasteiger partial charge in [0.15, 0.2) is 5.11 Å². The largest absolute Gasteiger partial charge is 0.358 e. The van der Waals surface area contributed by atoms with Crippen LogP contribution in [0.4, 0.5) is 0 Å². The van der Waals surface area contributed by atoms with Crippen LogP contribution in [0.1, 0.15) is 40.5 Å². The smallest absolute Gasteiger partial charge is 0.169 e. The molecule has 13 heavy (non-hydrogen) atoms. The summed E-state index contributed by atoms with van der Waals surface area (Å²) < 4.78 is 0. The molecule has 0 aromatic rings. The van der Waals surface area contributed by atoms with E-state index in [1.807, 2.05) is 0 Å². The Kier molecular flexibility index (Phi) is 3.17. The summed E-state index contributed by atoms with van der Waals surface area (Å²) in [6, 6.07) is 0.573. The number of hydrogen-bond acceptors (Lipinski definition) is 1. The van der Waals surface area contributed by atoms with Gasteiger partial charge >= 0.3 is 0 Å². The van der Waals surface area contributed by atoms with Crippen LogP contribution in [0.15, 0.2) is 0 Å². The molecule has 1 saturated heterocycles. The topological polar surface area (TPSA) is 15.3 Å². The molecule has 1 N–H and O–H groups in total. The third-order valence-corrected chi connectivity index (χ3v) is 2.85. The van der Waals surface area contributed by atoms with Gasteiger partial charge in [0.05, 0.1) is 0 Å². The van der Waals surface area contributed by atoms with Gasteiger partial charge < -0.3 is 10.2 Å². The number of nitrogens with one attached hydrogen (secondary N) is 1. The first-order valence-corrected chi connectivity index (χ1v) is 5.46. The van der Waals surface area contributed by atoms with Crippen molar-refractivity contribution in [2.24, 2.45) is 0 Å². The minimum absolute atomic E-state index is 0.167. The maximum atomic E-state index is 5.33. The summed E-state index contributed by atoms with van der Waals surface area (Å²) >= 11 is 5.33. The molecule has 0 radical (unpaired) electrons. The van der Waals surface area contributed by atoms with Gasteiger partial charge in [-0.05, 0) is 45.8 Å². The predicted octanol–water partition coefficient (Wildman–Crippen LogP) is 2.14. The van der Waals surface area contributed by atoms with E-state index >= 15 is 0 Å². The van der Waals surface area contributed by atoms with Crippen LogP contribution in [0.2, 0.25) is 0 Å². The molecule has 1 aliphatic heterocycles. The molecule has 2 nitrogen and oxygen atoms in total. The average Bonchev–Trinajstić information content (AvgIpc) is 1.94. The van der Waals surface area contributed by atoms with Crippen LogP contribution in [0, 0.1) is 0 Å². The Labute approximate surface area is 86.7 Å². The quantitative estimate of drug-likeness (QED) is 0.688. The summed E-state index contributed by atoms with van der Waals surface area (Å²) in [4.78, 5) is 2.29. The van der Waals surface area contributed by atoms with Crippen molar-refractivity contribution in [3.8, 4) is 0 Å². The maximum absolute atomic E-state index is 5.33. The summed E-state index contributed by atoms with van der Waals surface area (Å²) in [5.41, 5.74) is 0.167. The van der Waals surface area contributed by atoms with E-state index < -0.39 is 0 Å². The number of rotatable bonds is 2. The first-order chi connectivity index (χ1) is 5.96. The normalized spacial score (nSPS) is 27.2. The fourth-order valence-corrected chi connectivity index (χ4v) is 2.57. The summed E-state index contributed by atoms with van der Waals surface area (Å²) in [7, 11) is 0. The van der Waals surface area contributed by atoms with Gasteiger partial charge in [0.2, 0.25) is 0 Å². The van der Waals surface area contributed by atoms with Crippen LogP contribution >= 0.6 is 12.2 Å². The molecule has 1 fully saturated rings. The highest BCUT2D eigenvalue weighted by Gasteiger charge is 2.32. The minimum Gasteiger partial charge on any atom is -0.358 e. The van der Waals surface area contributed by atoms with Crippen LogP contribution in [-0.2, 0) is 0 Å². The molecule has 0 aromatic heterocycles. The fourth-order valence-electron chi connectivity index (χ4n) is 2.02. The molecule has 0 spiro atoms. The van der Waals surface area contributed by atoms with E-state index in [0.717, 1.165) is 24.5 Å². The molecule has 0 aliphatic carbocycles. The van der Waals surface area contributed by atoms with E-state index in [-0.39, 0.29) is 5.54 Å². The van der Waals surface area contributed by atoms with Crippen LogP contribution in [0.25, 0.3) is 0 Å². The van der Waals surface area contributed by atoms with Gasteiger partial charge in [-0.3, -0.25) is 0 Å². The Morgan fingerprint density at radius 1 is 1.62 bits per heavy atom. The minimum atomic E-state index is 0.167. The third-order valence-electron chi connectivity index (χ3n) is 2.51. The molecule has 1 atom stereocenters. The molecule has 1 unspecified atom stereocenters. The monoisotopic (exact) mass is 200 g/mol. The molecular formula is C10H20N2S. The molecule has 76 valence electrons. The number of nitrogens with zero attached hydrogens (tertiary/aromatic N) is 1. The van der Waals surface area contributed by atoms with Crippen LogP contribution in [-0.4, -0.2) is 28.1 Å². The lowest BCUT2D eigenvalue weighted by atomic mass is 9.93. The van der Waals surface area contributed by atoms with Crippen LogP contribution < -0.4 is 5.32 Å². The zero-order valence-corrected chi connectivity index (χ0v) is 9.87. The number of hydrogen-bond donors (Lipinski definition) is 1. The van der Waals surface area contributed by atoms with E-state index in [1.54, 1.807) is 0 Å². The maximum Gasteiger partial charge on any atom is 0.169 e. The van der Waals surface area contributed by atoms with Crippen molar-refractivity contribution in [2.75, 3.05) is 6.54 Å². The Balaban J connectivity index is 2.65. The molecular weight excluding hydrogens is 180 g/mol. The third kappa shape index (κ3) is 2.56. The molecule has 0 bridgehead atoms. The van der Waals surface area contributed by atoms with Gasteiger partial charge in [-0.15, -0.1) is 0 Å². The Hall–Kier alpha value is -0.310. The summed E-state index contributed by atoms with van der Waals surface area (Å²) in [6.45, 7) is 9.93. The van der Waals surface area contributed by atoms with Crippen molar-refractivity contribution in [3.63, 3.8) is 0 Å². The highest BCUT2D eigenvalue weighted by atomic mass is 32.1. The van der Waals surface area contributed by atoms with Gasteiger partial charge in [-0.1, -0.05) is 6.92 Å². The molecule has 0 aromatic carbocycles. The zero-order chi connectivity index (χ0) is 10.1. The first kappa shape index (κ1) is 10.8. The summed E-state index contributed by atoms with van der Waals surface area (Å²) in [5, 5.41) is 4.30. The van der Waals surface area contributed by atoms with E-state index in [2.05, 4.69) is 37.9 Å². The van der Waals surface area contributed by atoms with Gasteiger partial charge in [0, 0.05) is 18.1 Å². The van der Waals surface area contributed by atoms with Gasteiger partial charge in [-0.25, -0.2) is 0 Å². The van der Waals surface area contributed by atoms with E-state index in [4.69, 9.17) is 12.2 Å². The second-order valence-electron chi connectivity index (χ2n) is 4.56. The lowest BCUT2D eigenvalue weighted by Crippen LogP contribution is -2.60. The van der Waals surface area contributed by atoms with Crippen molar-refractivity contribution in [1.29, 1.82) is 0 Å². The van der Waals surface area contributed by atoms with Crippen molar-refractivity contribution in [2.45, 2.75) is 52.1 Å². The zero-order valence-electron chi connectivity index (χ0n) is 9.05. The SMILES string of the molecule is CCCN1C(=S)NC(C)(C)CC1C. The van der Waals surface area contributed by atoms with Crippen molar-refractivity contribution < 1.29 is 0 Å².